The van der Waals surface area contributed by atoms with E-state index in [0.717, 1.165) is 28.1 Å². The van der Waals surface area contributed by atoms with Crippen LogP contribution in [-0.4, -0.2) is 52.8 Å². The van der Waals surface area contributed by atoms with Crippen molar-refractivity contribution in [3.05, 3.63) is 47.7 Å². The molecule has 0 unspecified atom stereocenters. The fourth-order valence-electron chi connectivity index (χ4n) is 5.05. The summed E-state index contributed by atoms with van der Waals surface area (Å²) in [6, 6.07) is 0.702. The van der Waals surface area contributed by atoms with Crippen molar-refractivity contribution in [2.45, 2.75) is 105 Å². The topological polar surface area (TPSA) is 115 Å². The molecule has 3 amide bonds. The number of nitrogens with one attached hydrogen (secondary N) is 2. The summed E-state index contributed by atoms with van der Waals surface area (Å²) >= 11 is 1.60. The number of allylic oxidation sites excluding steroid dienone is 3. The maximum absolute atomic E-state index is 13.6. The minimum atomic E-state index is -1.01. The van der Waals surface area contributed by atoms with E-state index in [4.69, 9.17) is 0 Å². The molecule has 1 aromatic rings. The number of aryl methyl sites for hydroxylation is 1. The summed E-state index contributed by atoms with van der Waals surface area (Å²) in [6.07, 6.45) is 14.3. The average Bonchev–Trinajstić information content (AvgIpc) is 3.37. The first-order chi connectivity index (χ1) is 19.4. The molecule has 0 bridgehead atoms. The number of carbonyl (C=O) groups is 3. The Kier molecular flexibility index (Phi) is 16.0. The summed E-state index contributed by atoms with van der Waals surface area (Å²) in [6.45, 7) is 12.5. The van der Waals surface area contributed by atoms with Gasteiger partial charge in [-0.05, 0) is 57.4 Å². The standard InChI is InChI=1S/C27H37N5O3S.C5H9.CH3.Y/c1-17(9-10-18(2)21-19(3)30-16-36-21)14-29-23(33)20-8-7-13-32(20)24(34)22(26(4,5)6)31-25(35)27(15-28)11-12-27;1-2-4-5-3-1;;/h9-10,16,20,22H,7-8,11-14H2,1-6H3,(H,29,33)(H,31,35);1H,2-5H2;1H3;/q;2*-1;/b17-9+,18-10+;;;/t20-,22+;;;/m0.../s1. The minimum Gasteiger partial charge on any atom is -0.358 e. The monoisotopic (exact) mass is 684 g/mol. The zero-order valence-electron chi connectivity index (χ0n) is 27.1. The Morgan fingerprint density at radius 3 is 2.35 bits per heavy atom. The van der Waals surface area contributed by atoms with Crippen molar-refractivity contribution in [3.8, 4) is 6.07 Å². The summed E-state index contributed by atoms with van der Waals surface area (Å²) in [7, 11) is 0. The molecule has 235 valence electrons. The normalized spacial score (nSPS) is 19.9. The fourth-order valence-corrected chi connectivity index (χ4v) is 5.84. The van der Waals surface area contributed by atoms with Gasteiger partial charge in [-0.1, -0.05) is 51.3 Å². The molecule has 1 aromatic heterocycles. The average molecular weight is 685 g/mol. The second kappa shape index (κ2) is 17.6. The van der Waals surface area contributed by atoms with Gasteiger partial charge in [-0.2, -0.15) is 18.1 Å². The molecule has 2 saturated carbocycles. The van der Waals surface area contributed by atoms with Crippen molar-refractivity contribution in [1.82, 2.24) is 20.5 Å². The number of nitrogens with zero attached hydrogens (tertiary/aromatic N) is 3. The maximum atomic E-state index is 13.6. The summed E-state index contributed by atoms with van der Waals surface area (Å²) in [4.78, 5) is 46.4. The van der Waals surface area contributed by atoms with Crippen molar-refractivity contribution >= 4 is 34.6 Å². The zero-order valence-corrected chi connectivity index (χ0v) is 30.7. The molecule has 2 aliphatic carbocycles. The molecule has 2 N–H and O–H groups in total. The van der Waals surface area contributed by atoms with Crippen molar-refractivity contribution in [2.24, 2.45) is 10.8 Å². The van der Waals surface area contributed by atoms with E-state index < -0.39 is 28.8 Å². The first-order valence-corrected chi connectivity index (χ1v) is 15.6. The third-order valence-electron chi connectivity index (χ3n) is 7.96. The van der Waals surface area contributed by atoms with Crippen LogP contribution in [0.3, 0.4) is 0 Å². The first kappa shape index (κ1) is 39.1. The Labute approximate surface area is 288 Å². The van der Waals surface area contributed by atoms with Crippen LogP contribution in [0.1, 0.15) is 96.6 Å². The minimum absolute atomic E-state index is 0. The number of nitriles is 1. The molecule has 1 saturated heterocycles. The van der Waals surface area contributed by atoms with Crippen LogP contribution in [0.15, 0.2) is 23.2 Å². The van der Waals surface area contributed by atoms with Crippen molar-refractivity contribution < 1.29 is 47.1 Å². The molecule has 3 fully saturated rings. The molecule has 1 aliphatic heterocycles. The van der Waals surface area contributed by atoms with E-state index in [2.05, 4.69) is 28.1 Å². The Balaban J connectivity index is 0.00000120. The van der Waals surface area contributed by atoms with Gasteiger partial charge < -0.3 is 29.4 Å². The molecule has 8 nitrogen and oxygen atoms in total. The fraction of sp³-hybridized carbons (Fsp3) is 0.606. The Morgan fingerprint density at radius 1 is 1.21 bits per heavy atom. The van der Waals surface area contributed by atoms with Gasteiger partial charge in [0.1, 0.15) is 17.5 Å². The summed E-state index contributed by atoms with van der Waals surface area (Å²) in [5.74, 6) is -0.855. The number of rotatable bonds is 8. The predicted molar refractivity (Wildman–Crippen MR) is 170 cm³/mol. The quantitative estimate of drug-likeness (QED) is 0.259. The third kappa shape index (κ3) is 10.9. The summed E-state index contributed by atoms with van der Waals surface area (Å²) < 4.78 is 0. The zero-order chi connectivity index (χ0) is 30.2. The van der Waals surface area contributed by atoms with E-state index in [9.17, 15) is 19.6 Å². The van der Waals surface area contributed by atoms with Crippen LogP contribution in [0.2, 0.25) is 0 Å². The number of likely N-dealkylation sites (tertiary alicyclic amines) is 1. The smallest absolute Gasteiger partial charge is 0.246 e. The van der Waals surface area contributed by atoms with Crippen LogP contribution in [0.4, 0.5) is 0 Å². The van der Waals surface area contributed by atoms with Crippen LogP contribution in [0.25, 0.3) is 5.57 Å². The van der Waals surface area contributed by atoms with Gasteiger partial charge >= 0.3 is 0 Å². The van der Waals surface area contributed by atoms with E-state index in [1.54, 1.807) is 16.2 Å². The number of hydrogen-bond acceptors (Lipinski definition) is 6. The number of hydrogen-bond donors (Lipinski definition) is 2. The van der Waals surface area contributed by atoms with Gasteiger partial charge in [0.25, 0.3) is 0 Å². The molecule has 10 heteroatoms. The van der Waals surface area contributed by atoms with E-state index in [1.807, 2.05) is 59.2 Å². The molecule has 1 radical (unpaired) electrons. The van der Waals surface area contributed by atoms with Gasteiger partial charge in [-0.15, -0.1) is 11.3 Å². The van der Waals surface area contributed by atoms with E-state index in [1.165, 1.54) is 25.7 Å². The number of amides is 3. The molecular weight excluding hydrogens is 635 g/mol. The number of aromatic nitrogens is 1. The Bertz CT molecular complexity index is 1190. The second-order valence-electron chi connectivity index (χ2n) is 12.6. The van der Waals surface area contributed by atoms with E-state index >= 15 is 0 Å². The molecular formula is C33H49N5O3SY-2. The van der Waals surface area contributed by atoms with Gasteiger partial charge in [0.2, 0.25) is 17.7 Å². The SMILES string of the molecule is C/C(=C\C=C(/C)c1scnc1C)CNC(=O)[C@@H]1CCCN1C(=O)[C@@H](NC(=O)C1(C#N)CC1)C(C)(C)C.[CH-]1CCCC1.[CH3-].[Y]. The molecule has 4 rings (SSSR count). The Hall–Kier alpha value is -1.89. The van der Waals surface area contributed by atoms with Gasteiger partial charge in [0.15, 0.2) is 0 Å². The van der Waals surface area contributed by atoms with E-state index in [-0.39, 0.29) is 52.0 Å². The van der Waals surface area contributed by atoms with Gasteiger partial charge in [0.05, 0.1) is 22.2 Å². The molecule has 2 atom stereocenters. The number of carbonyl (C=O) groups excluding carboxylic acids is 3. The van der Waals surface area contributed by atoms with Gasteiger partial charge in [0, 0.05) is 45.8 Å². The summed E-state index contributed by atoms with van der Waals surface area (Å²) in [5, 5.41) is 15.2. The second-order valence-corrected chi connectivity index (χ2v) is 13.4. The van der Waals surface area contributed by atoms with Crippen molar-refractivity contribution in [1.29, 1.82) is 5.26 Å². The van der Waals surface area contributed by atoms with Crippen LogP contribution >= 0.6 is 11.3 Å². The molecule has 0 aromatic carbocycles. The van der Waals surface area contributed by atoms with Crippen LogP contribution in [0, 0.1) is 42.9 Å². The van der Waals surface area contributed by atoms with Crippen LogP contribution in [-0.2, 0) is 47.1 Å². The first-order valence-electron chi connectivity index (χ1n) is 14.8. The van der Waals surface area contributed by atoms with E-state index in [0.29, 0.717) is 32.4 Å². The van der Waals surface area contributed by atoms with Crippen LogP contribution in [0.5, 0.6) is 0 Å². The molecule has 43 heavy (non-hydrogen) atoms. The van der Waals surface area contributed by atoms with Gasteiger partial charge in [-0.3, -0.25) is 14.4 Å². The largest absolute Gasteiger partial charge is 0.358 e. The molecule has 2 heterocycles. The molecule has 3 aliphatic rings. The maximum Gasteiger partial charge on any atom is 0.246 e. The Morgan fingerprint density at radius 2 is 1.86 bits per heavy atom. The number of thiazole rings is 1. The third-order valence-corrected chi connectivity index (χ3v) is 9.02. The molecule has 0 spiro atoms. The van der Waals surface area contributed by atoms with Crippen molar-refractivity contribution in [3.63, 3.8) is 0 Å². The summed E-state index contributed by atoms with van der Waals surface area (Å²) in [5.41, 5.74) is 3.36. The van der Waals surface area contributed by atoms with Crippen LogP contribution < -0.4 is 10.6 Å². The van der Waals surface area contributed by atoms with Crippen molar-refractivity contribution in [2.75, 3.05) is 13.1 Å². The van der Waals surface area contributed by atoms with Gasteiger partial charge in [-0.25, -0.2) is 4.98 Å². The predicted octanol–water partition coefficient (Wildman–Crippen LogP) is 5.96.